The fourth-order valence-electron chi connectivity index (χ4n) is 1.86. The van der Waals surface area contributed by atoms with Gasteiger partial charge in [0, 0.05) is 10.5 Å². The molecule has 0 fully saturated rings. The zero-order chi connectivity index (χ0) is 12.0. The van der Waals surface area contributed by atoms with Crippen LogP contribution in [0, 0.1) is 5.92 Å². The molecule has 2 atom stereocenters. The van der Waals surface area contributed by atoms with E-state index in [1.807, 2.05) is 0 Å². The van der Waals surface area contributed by atoms with Crippen LogP contribution in [-0.4, -0.2) is 13.1 Å². The van der Waals surface area contributed by atoms with Gasteiger partial charge in [0.2, 0.25) is 0 Å². The Labute approximate surface area is 108 Å². The maximum absolute atomic E-state index is 3.46. The molecule has 1 aromatic carbocycles. The van der Waals surface area contributed by atoms with Gasteiger partial charge in [0.1, 0.15) is 0 Å². The van der Waals surface area contributed by atoms with E-state index in [1.54, 1.807) is 0 Å². The second kappa shape index (κ2) is 7.08. The first kappa shape index (κ1) is 13.7. The van der Waals surface area contributed by atoms with Gasteiger partial charge in [-0.25, -0.2) is 0 Å². The molecule has 1 N–H and O–H groups in total. The van der Waals surface area contributed by atoms with E-state index >= 15 is 0 Å². The summed E-state index contributed by atoms with van der Waals surface area (Å²) in [6, 6.07) is 9.23. The molecule has 0 aliphatic heterocycles. The Morgan fingerprint density at radius 3 is 2.38 bits per heavy atom. The Bertz CT molecular complexity index is 294. The minimum Gasteiger partial charge on any atom is -0.317 e. The molecule has 0 heterocycles. The normalized spacial score (nSPS) is 14.8. The van der Waals surface area contributed by atoms with E-state index in [1.165, 1.54) is 18.4 Å². The summed E-state index contributed by atoms with van der Waals surface area (Å²) >= 11 is 3.46. The van der Waals surface area contributed by atoms with E-state index in [2.05, 4.69) is 66.4 Å². The molecule has 0 amide bonds. The highest BCUT2D eigenvalue weighted by Crippen LogP contribution is 2.16. The lowest BCUT2D eigenvalue weighted by molar-refractivity contribution is 0.410. The molecule has 1 rings (SSSR count). The summed E-state index contributed by atoms with van der Waals surface area (Å²) in [5, 5.41) is 3.42. The Morgan fingerprint density at radius 2 is 1.88 bits per heavy atom. The minimum atomic E-state index is 0.594. The Kier molecular flexibility index (Phi) is 6.07. The Hall–Kier alpha value is -0.340. The lowest BCUT2D eigenvalue weighted by atomic mass is 9.95. The predicted octanol–water partition coefficient (Wildman–Crippen LogP) is 4.02. The summed E-state index contributed by atoms with van der Waals surface area (Å²) in [6.45, 7) is 4.59. The van der Waals surface area contributed by atoms with Crippen LogP contribution < -0.4 is 5.32 Å². The van der Waals surface area contributed by atoms with Gasteiger partial charge in [-0.05, 0) is 43.5 Å². The Morgan fingerprint density at radius 1 is 1.25 bits per heavy atom. The minimum absolute atomic E-state index is 0.594. The van der Waals surface area contributed by atoms with Crippen molar-refractivity contribution >= 4 is 15.9 Å². The van der Waals surface area contributed by atoms with Crippen LogP contribution in [0.1, 0.15) is 32.3 Å². The second-order valence-corrected chi connectivity index (χ2v) is 5.48. The molecule has 0 saturated carbocycles. The lowest BCUT2D eigenvalue weighted by Gasteiger charge is -2.19. The maximum atomic E-state index is 3.46. The summed E-state index contributed by atoms with van der Waals surface area (Å²) in [5.41, 5.74) is 1.41. The fraction of sp³-hybridized carbons (Fsp3) is 0.571. The van der Waals surface area contributed by atoms with Gasteiger partial charge in [-0.3, -0.25) is 0 Å². The summed E-state index contributed by atoms with van der Waals surface area (Å²) < 4.78 is 1.15. The molecule has 0 aliphatic rings. The van der Waals surface area contributed by atoms with Gasteiger partial charge in [-0.1, -0.05) is 48.3 Å². The van der Waals surface area contributed by atoms with Crippen molar-refractivity contribution in [1.29, 1.82) is 0 Å². The molecule has 1 aromatic rings. The van der Waals surface area contributed by atoms with Crippen LogP contribution in [0.15, 0.2) is 28.7 Å². The SMILES string of the molecule is CCC(C)CC(Cc1ccc(Br)cc1)NC. The van der Waals surface area contributed by atoms with Crippen LogP contribution in [0.5, 0.6) is 0 Å². The van der Waals surface area contributed by atoms with Gasteiger partial charge in [-0.15, -0.1) is 0 Å². The molecule has 2 heteroatoms. The van der Waals surface area contributed by atoms with Crippen molar-refractivity contribution in [3.05, 3.63) is 34.3 Å². The first-order valence-corrected chi connectivity index (χ1v) is 6.86. The van der Waals surface area contributed by atoms with Crippen molar-refractivity contribution in [1.82, 2.24) is 5.32 Å². The monoisotopic (exact) mass is 283 g/mol. The summed E-state index contributed by atoms with van der Waals surface area (Å²) in [6.07, 6.45) is 3.63. The number of rotatable bonds is 6. The third-order valence-corrected chi connectivity index (χ3v) is 3.72. The number of hydrogen-bond acceptors (Lipinski definition) is 1. The predicted molar refractivity (Wildman–Crippen MR) is 74.8 cm³/mol. The molecule has 0 saturated heterocycles. The Balaban J connectivity index is 2.52. The highest BCUT2D eigenvalue weighted by atomic mass is 79.9. The van der Waals surface area contributed by atoms with E-state index in [0.717, 1.165) is 16.8 Å². The van der Waals surface area contributed by atoms with E-state index in [0.29, 0.717) is 6.04 Å². The standard InChI is InChI=1S/C14H22BrN/c1-4-11(2)9-14(16-3)10-12-5-7-13(15)8-6-12/h5-8,11,14,16H,4,9-10H2,1-3H3. The average Bonchev–Trinajstić information content (AvgIpc) is 2.30. The van der Waals surface area contributed by atoms with Crippen LogP contribution in [-0.2, 0) is 6.42 Å². The first-order chi connectivity index (χ1) is 7.65. The third kappa shape index (κ3) is 4.67. The van der Waals surface area contributed by atoms with Gasteiger partial charge < -0.3 is 5.32 Å². The van der Waals surface area contributed by atoms with Crippen LogP contribution >= 0.6 is 15.9 Å². The molecule has 16 heavy (non-hydrogen) atoms. The molecule has 0 radical (unpaired) electrons. The number of halogens is 1. The fourth-order valence-corrected chi connectivity index (χ4v) is 2.12. The highest BCUT2D eigenvalue weighted by molar-refractivity contribution is 9.10. The van der Waals surface area contributed by atoms with Crippen molar-refractivity contribution < 1.29 is 0 Å². The smallest absolute Gasteiger partial charge is 0.0175 e. The largest absolute Gasteiger partial charge is 0.317 e. The number of nitrogens with one attached hydrogen (secondary N) is 1. The number of benzene rings is 1. The molecule has 1 nitrogen and oxygen atoms in total. The van der Waals surface area contributed by atoms with Crippen molar-refractivity contribution in [2.75, 3.05) is 7.05 Å². The van der Waals surface area contributed by atoms with Gasteiger partial charge in [0.05, 0.1) is 0 Å². The van der Waals surface area contributed by atoms with Crippen molar-refractivity contribution in [3.63, 3.8) is 0 Å². The van der Waals surface area contributed by atoms with Crippen LogP contribution in [0.3, 0.4) is 0 Å². The molecular formula is C14H22BrN. The zero-order valence-electron chi connectivity index (χ0n) is 10.5. The number of hydrogen-bond donors (Lipinski definition) is 1. The summed E-state index contributed by atoms with van der Waals surface area (Å²) in [5.74, 6) is 0.799. The molecule has 90 valence electrons. The molecule has 0 bridgehead atoms. The highest BCUT2D eigenvalue weighted by Gasteiger charge is 2.10. The van der Waals surface area contributed by atoms with Crippen molar-refractivity contribution in [2.24, 2.45) is 5.92 Å². The maximum Gasteiger partial charge on any atom is 0.0175 e. The van der Waals surface area contributed by atoms with Gasteiger partial charge in [0.25, 0.3) is 0 Å². The average molecular weight is 284 g/mol. The summed E-state index contributed by atoms with van der Waals surface area (Å²) in [7, 11) is 2.06. The topological polar surface area (TPSA) is 12.0 Å². The molecule has 0 aliphatic carbocycles. The third-order valence-electron chi connectivity index (χ3n) is 3.19. The zero-order valence-corrected chi connectivity index (χ0v) is 12.0. The lowest BCUT2D eigenvalue weighted by Crippen LogP contribution is -2.29. The molecule has 2 unspecified atom stereocenters. The van der Waals surface area contributed by atoms with Crippen molar-refractivity contribution in [2.45, 2.75) is 39.2 Å². The van der Waals surface area contributed by atoms with Gasteiger partial charge in [-0.2, -0.15) is 0 Å². The van der Waals surface area contributed by atoms with E-state index < -0.39 is 0 Å². The molecular weight excluding hydrogens is 262 g/mol. The quantitative estimate of drug-likeness (QED) is 0.832. The van der Waals surface area contributed by atoms with Crippen LogP contribution in [0.25, 0.3) is 0 Å². The number of likely N-dealkylation sites (N-methyl/N-ethyl adjacent to an activating group) is 1. The van der Waals surface area contributed by atoms with Gasteiger partial charge >= 0.3 is 0 Å². The van der Waals surface area contributed by atoms with Crippen LogP contribution in [0.2, 0.25) is 0 Å². The van der Waals surface area contributed by atoms with Crippen molar-refractivity contribution in [3.8, 4) is 0 Å². The van der Waals surface area contributed by atoms with Crippen LogP contribution in [0.4, 0.5) is 0 Å². The van der Waals surface area contributed by atoms with Gasteiger partial charge in [0.15, 0.2) is 0 Å². The second-order valence-electron chi connectivity index (χ2n) is 4.57. The van der Waals surface area contributed by atoms with E-state index in [9.17, 15) is 0 Å². The van der Waals surface area contributed by atoms with E-state index in [-0.39, 0.29) is 0 Å². The molecule has 0 spiro atoms. The van der Waals surface area contributed by atoms with E-state index in [4.69, 9.17) is 0 Å². The first-order valence-electron chi connectivity index (χ1n) is 6.07. The molecule has 0 aromatic heterocycles. The summed E-state index contributed by atoms with van der Waals surface area (Å²) in [4.78, 5) is 0.